The van der Waals surface area contributed by atoms with Crippen LogP contribution in [0.15, 0.2) is 29.9 Å². The number of rotatable bonds is 6. The van der Waals surface area contributed by atoms with Gasteiger partial charge in [0.05, 0.1) is 11.9 Å². The molecule has 90 valence electrons. The molecule has 0 bridgehead atoms. The van der Waals surface area contributed by atoms with Gasteiger partial charge in [0, 0.05) is 18.1 Å². The Labute approximate surface area is 105 Å². The van der Waals surface area contributed by atoms with Gasteiger partial charge >= 0.3 is 0 Å². The Hall–Kier alpha value is -1.46. The highest BCUT2D eigenvalue weighted by Gasteiger charge is 1.99. The van der Waals surface area contributed by atoms with Gasteiger partial charge in [0.2, 0.25) is 0 Å². The standard InChI is InChI=1S/C12H15N3OS/c1-2-13-7-10-3-4-11(8-15-10)16-9-12-14-5-6-17-12/h3-6,8,13H,2,7,9H2,1H3. The van der Waals surface area contributed by atoms with E-state index in [0.29, 0.717) is 6.61 Å². The minimum atomic E-state index is 0.506. The molecule has 2 aromatic heterocycles. The van der Waals surface area contributed by atoms with Crippen LogP contribution in [0.3, 0.4) is 0 Å². The minimum Gasteiger partial charge on any atom is -0.485 e. The third kappa shape index (κ3) is 3.80. The van der Waals surface area contributed by atoms with E-state index in [-0.39, 0.29) is 0 Å². The van der Waals surface area contributed by atoms with Gasteiger partial charge in [0.25, 0.3) is 0 Å². The fourth-order valence-electron chi connectivity index (χ4n) is 1.32. The normalized spacial score (nSPS) is 10.4. The minimum absolute atomic E-state index is 0.506. The molecule has 0 saturated heterocycles. The molecule has 17 heavy (non-hydrogen) atoms. The van der Waals surface area contributed by atoms with Crippen LogP contribution in [0.1, 0.15) is 17.6 Å². The molecule has 0 aliphatic rings. The quantitative estimate of drug-likeness (QED) is 0.852. The fraction of sp³-hybridized carbons (Fsp3) is 0.333. The summed E-state index contributed by atoms with van der Waals surface area (Å²) in [5.74, 6) is 0.778. The molecule has 2 heterocycles. The maximum atomic E-state index is 5.57. The highest BCUT2D eigenvalue weighted by atomic mass is 32.1. The van der Waals surface area contributed by atoms with Crippen LogP contribution in [-0.4, -0.2) is 16.5 Å². The lowest BCUT2D eigenvalue weighted by Crippen LogP contribution is -2.12. The van der Waals surface area contributed by atoms with Crippen molar-refractivity contribution in [2.45, 2.75) is 20.1 Å². The average molecular weight is 249 g/mol. The zero-order valence-corrected chi connectivity index (χ0v) is 10.5. The van der Waals surface area contributed by atoms with E-state index in [1.54, 1.807) is 23.7 Å². The van der Waals surface area contributed by atoms with Crippen molar-refractivity contribution in [1.82, 2.24) is 15.3 Å². The summed E-state index contributed by atoms with van der Waals surface area (Å²) in [6, 6.07) is 3.91. The third-order valence-electron chi connectivity index (χ3n) is 2.20. The summed E-state index contributed by atoms with van der Waals surface area (Å²) >= 11 is 1.59. The SMILES string of the molecule is CCNCc1ccc(OCc2nccs2)cn1. The Kier molecular flexibility index (Phi) is 4.46. The number of hydrogen-bond donors (Lipinski definition) is 1. The number of aromatic nitrogens is 2. The maximum Gasteiger partial charge on any atom is 0.140 e. The van der Waals surface area contributed by atoms with E-state index in [1.807, 2.05) is 17.5 Å². The van der Waals surface area contributed by atoms with Gasteiger partial charge in [-0.2, -0.15) is 0 Å². The third-order valence-corrected chi connectivity index (χ3v) is 2.95. The molecule has 0 spiro atoms. The van der Waals surface area contributed by atoms with Crippen LogP contribution >= 0.6 is 11.3 Å². The van der Waals surface area contributed by atoms with Crippen LogP contribution < -0.4 is 10.1 Å². The predicted molar refractivity (Wildman–Crippen MR) is 68.1 cm³/mol. The van der Waals surface area contributed by atoms with Crippen LogP contribution in [0.2, 0.25) is 0 Å². The number of nitrogens with zero attached hydrogens (tertiary/aromatic N) is 2. The molecular weight excluding hydrogens is 234 g/mol. The maximum absolute atomic E-state index is 5.57. The second-order valence-electron chi connectivity index (χ2n) is 3.48. The van der Waals surface area contributed by atoms with Crippen LogP contribution in [-0.2, 0) is 13.2 Å². The second-order valence-corrected chi connectivity index (χ2v) is 4.46. The number of hydrogen-bond acceptors (Lipinski definition) is 5. The van der Waals surface area contributed by atoms with Crippen molar-refractivity contribution in [1.29, 1.82) is 0 Å². The number of thiazole rings is 1. The highest BCUT2D eigenvalue weighted by Crippen LogP contribution is 2.12. The van der Waals surface area contributed by atoms with Crippen LogP contribution in [0, 0.1) is 0 Å². The molecule has 0 aliphatic carbocycles. The van der Waals surface area contributed by atoms with Crippen molar-refractivity contribution in [2.75, 3.05) is 6.54 Å². The van der Waals surface area contributed by atoms with Crippen molar-refractivity contribution in [3.05, 3.63) is 40.6 Å². The van der Waals surface area contributed by atoms with Gasteiger partial charge in [-0.1, -0.05) is 6.92 Å². The predicted octanol–water partition coefficient (Wildman–Crippen LogP) is 2.23. The van der Waals surface area contributed by atoms with E-state index in [0.717, 1.165) is 29.5 Å². The molecular formula is C12H15N3OS. The number of nitrogens with one attached hydrogen (secondary N) is 1. The molecule has 5 heteroatoms. The molecule has 0 fully saturated rings. The molecule has 0 aliphatic heterocycles. The average Bonchev–Trinajstić information content (AvgIpc) is 2.88. The largest absolute Gasteiger partial charge is 0.485 e. The first-order valence-electron chi connectivity index (χ1n) is 5.55. The Balaban J connectivity index is 1.85. The molecule has 4 nitrogen and oxygen atoms in total. The van der Waals surface area contributed by atoms with Gasteiger partial charge in [0.1, 0.15) is 17.4 Å². The smallest absolute Gasteiger partial charge is 0.140 e. The zero-order chi connectivity index (χ0) is 11.9. The van der Waals surface area contributed by atoms with Gasteiger partial charge in [-0.25, -0.2) is 4.98 Å². The van der Waals surface area contributed by atoms with E-state index in [2.05, 4.69) is 22.2 Å². The van der Waals surface area contributed by atoms with Crippen molar-refractivity contribution >= 4 is 11.3 Å². The van der Waals surface area contributed by atoms with E-state index < -0.39 is 0 Å². The van der Waals surface area contributed by atoms with Crippen molar-refractivity contribution in [2.24, 2.45) is 0 Å². The van der Waals surface area contributed by atoms with E-state index in [4.69, 9.17) is 4.74 Å². The first kappa shape index (κ1) is 12.0. The first-order valence-corrected chi connectivity index (χ1v) is 6.43. The lowest BCUT2D eigenvalue weighted by molar-refractivity contribution is 0.304. The Morgan fingerprint density at radius 1 is 1.35 bits per heavy atom. The topological polar surface area (TPSA) is 47.0 Å². The monoisotopic (exact) mass is 249 g/mol. The summed E-state index contributed by atoms with van der Waals surface area (Å²) in [6.45, 7) is 4.32. The Morgan fingerprint density at radius 2 is 2.29 bits per heavy atom. The summed E-state index contributed by atoms with van der Waals surface area (Å²) < 4.78 is 5.57. The van der Waals surface area contributed by atoms with Gasteiger partial charge in [-0.3, -0.25) is 4.98 Å². The molecule has 0 atom stereocenters. The summed E-state index contributed by atoms with van der Waals surface area (Å²) in [7, 11) is 0. The molecule has 2 aromatic rings. The van der Waals surface area contributed by atoms with E-state index >= 15 is 0 Å². The molecule has 1 N–H and O–H groups in total. The van der Waals surface area contributed by atoms with Gasteiger partial charge in [0.15, 0.2) is 0 Å². The van der Waals surface area contributed by atoms with Crippen LogP contribution in [0.4, 0.5) is 0 Å². The second kappa shape index (κ2) is 6.32. The lowest BCUT2D eigenvalue weighted by Gasteiger charge is -2.05. The van der Waals surface area contributed by atoms with Crippen LogP contribution in [0.5, 0.6) is 5.75 Å². The number of ether oxygens (including phenoxy) is 1. The molecule has 0 radical (unpaired) electrons. The summed E-state index contributed by atoms with van der Waals surface area (Å²) in [5, 5.41) is 6.14. The Bertz CT molecular complexity index is 428. The lowest BCUT2D eigenvalue weighted by atomic mass is 10.3. The summed E-state index contributed by atoms with van der Waals surface area (Å²) in [5.41, 5.74) is 1.02. The molecule has 0 unspecified atom stereocenters. The zero-order valence-electron chi connectivity index (χ0n) is 9.72. The molecule has 2 rings (SSSR count). The van der Waals surface area contributed by atoms with Crippen LogP contribution in [0.25, 0.3) is 0 Å². The fourth-order valence-corrected chi connectivity index (χ4v) is 1.85. The first-order chi connectivity index (χ1) is 8.38. The van der Waals surface area contributed by atoms with Crippen molar-refractivity contribution < 1.29 is 4.74 Å². The van der Waals surface area contributed by atoms with Gasteiger partial charge in [-0.15, -0.1) is 11.3 Å². The highest BCUT2D eigenvalue weighted by molar-refractivity contribution is 7.09. The Morgan fingerprint density at radius 3 is 2.94 bits per heavy atom. The van der Waals surface area contributed by atoms with Gasteiger partial charge in [-0.05, 0) is 18.7 Å². The molecule has 0 saturated carbocycles. The molecule has 0 amide bonds. The van der Waals surface area contributed by atoms with Crippen molar-refractivity contribution in [3.8, 4) is 5.75 Å². The van der Waals surface area contributed by atoms with Gasteiger partial charge < -0.3 is 10.1 Å². The summed E-state index contributed by atoms with van der Waals surface area (Å²) in [6.07, 6.45) is 3.53. The van der Waals surface area contributed by atoms with E-state index in [1.165, 1.54) is 0 Å². The molecule has 0 aromatic carbocycles. The summed E-state index contributed by atoms with van der Waals surface area (Å²) in [4.78, 5) is 8.46. The van der Waals surface area contributed by atoms with Crippen molar-refractivity contribution in [3.63, 3.8) is 0 Å². The van der Waals surface area contributed by atoms with E-state index in [9.17, 15) is 0 Å². The number of pyridine rings is 1.